The van der Waals surface area contributed by atoms with E-state index in [1.807, 2.05) is 61.7 Å². The fourth-order valence-electron chi connectivity index (χ4n) is 4.19. The van der Waals surface area contributed by atoms with E-state index in [1.165, 1.54) is 0 Å². The molecule has 4 rings (SSSR count). The van der Waals surface area contributed by atoms with Gasteiger partial charge < -0.3 is 9.73 Å². The summed E-state index contributed by atoms with van der Waals surface area (Å²) in [4.78, 5) is 29.7. The highest BCUT2D eigenvalue weighted by Crippen LogP contribution is 2.31. The maximum absolute atomic E-state index is 13.6. The van der Waals surface area contributed by atoms with Crippen LogP contribution in [0.4, 0.5) is 5.69 Å². The van der Waals surface area contributed by atoms with Crippen molar-refractivity contribution in [2.24, 2.45) is 0 Å². The number of hydrogen-bond acceptors (Lipinski definition) is 4. The topological polar surface area (TPSA) is 62.6 Å². The highest BCUT2D eigenvalue weighted by Gasteiger charge is 2.36. The predicted molar refractivity (Wildman–Crippen MR) is 123 cm³/mol. The number of carbonyl (C=O) groups excluding carboxylic acids is 2. The Bertz CT molecular complexity index is 1030. The molecule has 0 bridgehead atoms. The number of carbonyl (C=O) groups is 2. The molecule has 1 aliphatic carbocycles. The number of amides is 2. The molecule has 0 radical (unpaired) electrons. The van der Waals surface area contributed by atoms with E-state index >= 15 is 0 Å². The Morgan fingerprint density at radius 2 is 1.94 bits per heavy atom. The van der Waals surface area contributed by atoms with E-state index in [1.54, 1.807) is 22.3 Å². The molecule has 162 valence electrons. The Balaban J connectivity index is 1.74. The Labute approximate surface area is 187 Å². The summed E-state index contributed by atoms with van der Waals surface area (Å²) in [5, 5.41) is 5.13. The van der Waals surface area contributed by atoms with Gasteiger partial charge in [0.2, 0.25) is 5.91 Å². The van der Waals surface area contributed by atoms with Crippen molar-refractivity contribution in [1.29, 1.82) is 0 Å². The monoisotopic (exact) mass is 436 g/mol. The van der Waals surface area contributed by atoms with Crippen LogP contribution in [-0.2, 0) is 16.0 Å². The van der Waals surface area contributed by atoms with E-state index in [9.17, 15) is 9.59 Å². The molecule has 1 aromatic carbocycles. The van der Waals surface area contributed by atoms with E-state index in [0.717, 1.165) is 36.1 Å². The number of anilines is 1. The molecule has 3 aromatic rings. The van der Waals surface area contributed by atoms with Gasteiger partial charge in [-0.3, -0.25) is 14.5 Å². The van der Waals surface area contributed by atoms with Gasteiger partial charge in [0, 0.05) is 16.6 Å². The Hall–Kier alpha value is -2.86. The lowest BCUT2D eigenvalue weighted by atomic mass is 10.1. The van der Waals surface area contributed by atoms with Gasteiger partial charge in [0.1, 0.15) is 11.5 Å². The number of aryl methyl sites for hydroxylation is 2. The third kappa shape index (κ3) is 5.07. The summed E-state index contributed by atoms with van der Waals surface area (Å²) >= 11 is 1.54. The molecule has 5 nitrogen and oxygen atoms in total. The summed E-state index contributed by atoms with van der Waals surface area (Å²) in [5.74, 6) is 0.869. The first-order chi connectivity index (χ1) is 15.0. The quantitative estimate of drug-likeness (QED) is 0.544. The Kier molecular flexibility index (Phi) is 6.56. The van der Waals surface area contributed by atoms with Crippen molar-refractivity contribution >= 4 is 28.8 Å². The first-order valence-electron chi connectivity index (χ1n) is 10.8. The van der Waals surface area contributed by atoms with Crippen molar-refractivity contribution in [3.05, 3.63) is 75.9 Å². The zero-order chi connectivity index (χ0) is 21.8. The van der Waals surface area contributed by atoms with Crippen LogP contribution in [0.2, 0.25) is 0 Å². The van der Waals surface area contributed by atoms with Crippen LogP contribution in [0, 0.1) is 13.8 Å². The van der Waals surface area contributed by atoms with Gasteiger partial charge in [-0.15, -0.1) is 11.3 Å². The zero-order valence-electron chi connectivity index (χ0n) is 18.0. The largest absolute Gasteiger partial charge is 0.464 e. The molecule has 0 aliphatic heterocycles. The molecule has 0 spiro atoms. The van der Waals surface area contributed by atoms with Crippen molar-refractivity contribution in [2.75, 3.05) is 4.90 Å². The van der Waals surface area contributed by atoms with Gasteiger partial charge in [0.15, 0.2) is 6.04 Å². The molecule has 1 N–H and O–H groups in total. The highest BCUT2D eigenvalue weighted by atomic mass is 32.1. The number of thiophene rings is 1. The van der Waals surface area contributed by atoms with Crippen LogP contribution in [0.15, 0.2) is 58.3 Å². The molecule has 0 saturated heterocycles. The van der Waals surface area contributed by atoms with Gasteiger partial charge in [-0.25, -0.2) is 0 Å². The van der Waals surface area contributed by atoms with Gasteiger partial charge in [-0.2, -0.15) is 0 Å². The van der Waals surface area contributed by atoms with Crippen molar-refractivity contribution in [3.8, 4) is 0 Å². The van der Waals surface area contributed by atoms with Crippen LogP contribution in [-0.4, -0.2) is 17.9 Å². The maximum atomic E-state index is 13.6. The average Bonchev–Trinajstić information content (AvgIpc) is 3.49. The van der Waals surface area contributed by atoms with Crippen LogP contribution < -0.4 is 10.2 Å². The Morgan fingerprint density at radius 1 is 1.13 bits per heavy atom. The van der Waals surface area contributed by atoms with Gasteiger partial charge in [0.05, 0.1) is 6.42 Å². The van der Waals surface area contributed by atoms with Crippen LogP contribution in [0.5, 0.6) is 0 Å². The lowest BCUT2D eigenvalue weighted by Gasteiger charge is -2.31. The van der Waals surface area contributed by atoms with E-state index < -0.39 is 6.04 Å². The molecule has 2 heterocycles. The molecule has 1 unspecified atom stereocenters. The summed E-state index contributed by atoms with van der Waals surface area (Å²) < 4.78 is 5.90. The number of furan rings is 1. The van der Waals surface area contributed by atoms with Crippen LogP contribution in [0.25, 0.3) is 0 Å². The van der Waals surface area contributed by atoms with Gasteiger partial charge in [0.25, 0.3) is 5.91 Å². The summed E-state index contributed by atoms with van der Waals surface area (Å²) in [7, 11) is 0. The highest BCUT2D eigenvalue weighted by molar-refractivity contribution is 7.10. The molecule has 31 heavy (non-hydrogen) atoms. The van der Waals surface area contributed by atoms with Gasteiger partial charge in [-0.05, 0) is 68.0 Å². The second-order valence-corrected chi connectivity index (χ2v) is 9.23. The minimum atomic E-state index is -0.858. The van der Waals surface area contributed by atoms with Crippen molar-refractivity contribution < 1.29 is 14.0 Å². The second kappa shape index (κ2) is 9.52. The standard InChI is InChI=1S/C25H28N2O3S/c1-17-7-5-10-20(15-17)27(23(28)16-21-11-6-14-31-21)24(22-13-12-18(2)30-22)25(29)26-19-8-3-4-9-19/h5-7,10-15,19,24H,3-4,8-9,16H2,1-2H3,(H,26,29). The predicted octanol–water partition coefficient (Wildman–Crippen LogP) is 5.33. The van der Waals surface area contributed by atoms with Crippen molar-refractivity contribution in [3.63, 3.8) is 0 Å². The third-order valence-electron chi connectivity index (χ3n) is 5.69. The van der Waals surface area contributed by atoms with Crippen LogP contribution in [0.1, 0.15) is 53.7 Å². The molecule has 2 aromatic heterocycles. The molecule has 1 atom stereocenters. The molecule has 1 fully saturated rings. The summed E-state index contributed by atoms with van der Waals surface area (Å²) in [5.41, 5.74) is 1.72. The van der Waals surface area contributed by atoms with Crippen LogP contribution in [0.3, 0.4) is 0 Å². The molecule has 1 aliphatic rings. The minimum absolute atomic E-state index is 0.131. The van der Waals surface area contributed by atoms with Crippen molar-refractivity contribution in [2.45, 2.75) is 58.0 Å². The van der Waals surface area contributed by atoms with E-state index in [2.05, 4.69) is 5.32 Å². The van der Waals surface area contributed by atoms with E-state index in [-0.39, 0.29) is 24.3 Å². The number of rotatable bonds is 7. The normalized spacial score (nSPS) is 15.0. The lowest BCUT2D eigenvalue weighted by molar-refractivity contribution is -0.127. The van der Waals surface area contributed by atoms with Crippen LogP contribution >= 0.6 is 11.3 Å². The first-order valence-corrected chi connectivity index (χ1v) is 11.7. The lowest BCUT2D eigenvalue weighted by Crippen LogP contribution is -2.46. The Morgan fingerprint density at radius 3 is 2.58 bits per heavy atom. The molecular weight excluding hydrogens is 408 g/mol. The number of benzene rings is 1. The van der Waals surface area contributed by atoms with Gasteiger partial charge in [-0.1, -0.05) is 31.0 Å². The minimum Gasteiger partial charge on any atom is -0.464 e. The maximum Gasteiger partial charge on any atom is 0.251 e. The number of nitrogens with one attached hydrogen (secondary N) is 1. The molecule has 2 amide bonds. The molecular formula is C25H28N2O3S. The van der Waals surface area contributed by atoms with E-state index in [4.69, 9.17) is 4.42 Å². The number of hydrogen-bond donors (Lipinski definition) is 1. The van der Waals surface area contributed by atoms with Gasteiger partial charge >= 0.3 is 0 Å². The average molecular weight is 437 g/mol. The number of nitrogens with zero attached hydrogens (tertiary/aromatic N) is 1. The van der Waals surface area contributed by atoms with Crippen molar-refractivity contribution in [1.82, 2.24) is 5.32 Å². The second-order valence-electron chi connectivity index (χ2n) is 8.20. The zero-order valence-corrected chi connectivity index (χ0v) is 18.8. The van der Waals surface area contributed by atoms with E-state index in [0.29, 0.717) is 17.2 Å². The summed E-state index contributed by atoms with van der Waals surface area (Å²) in [6.45, 7) is 3.83. The fraction of sp³-hybridized carbons (Fsp3) is 0.360. The summed E-state index contributed by atoms with van der Waals surface area (Å²) in [6.07, 6.45) is 4.42. The first kappa shape index (κ1) is 21.4. The molecule has 1 saturated carbocycles. The fourth-order valence-corrected chi connectivity index (χ4v) is 4.88. The SMILES string of the molecule is Cc1cccc(N(C(=O)Cc2cccs2)C(C(=O)NC2CCCC2)c2ccc(C)o2)c1. The summed E-state index contributed by atoms with van der Waals surface area (Å²) in [6, 6.07) is 14.5. The third-order valence-corrected chi connectivity index (χ3v) is 6.57. The smallest absolute Gasteiger partial charge is 0.251 e. The molecule has 6 heteroatoms.